The lowest BCUT2D eigenvalue weighted by Gasteiger charge is -2.13. The van der Waals surface area contributed by atoms with E-state index in [1.807, 2.05) is 67.7 Å². The Morgan fingerprint density at radius 1 is 1.00 bits per heavy atom. The highest BCUT2D eigenvalue weighted by molar-refractivity contribution is 5.98. The summed E-state index contributed by atoms with van der Waals surface area (Å²) in [5.74, 6) is 0.813. The first-order chi connectivity index (χ1) is 14.6. The average molecular weight is 397 g/mol. The van der Waals surface area contributed by atoms with Crippen molar-refractivity contribution in [1.29, 1.82) is 0 Å². The zero-order chi connectivity index (χ0) is 20.9. The van der Waals surface area contributed by atoms with Crippen molar-refractivity contribution >= 4 is 22.5 Å². The van der Waals surface area contributed by atoms with Gasteiger partial charge in [-0.1, -0.05) is 36.4 Å². The van der Waals surface area contributed by atoms with Gasteiger partial charge in [0.15, 0.2) is 0 Å². The third-order valence-corrected chi connectivity index (χ3v) is 5.00. The van der Waals surface area contributed by atoms with E-state index in [1.54, 1.807) is 13.3 Å². The molecule has 5 heteroatoms. The molecule has 3 aromatic carbocycles. The molecule has 150 valence electrons. The molecule has 2 N–H and O–H groups in total. The van der Waals surface area contributed by atoms with Crippen molar-refractivity contribution in [2.24, 2.45) is 0 Å². The number of anilines is 1. The first-order valence-electron chi connectivity index (χ1n) is 9.75. The van der Waals surface area contributed by atoms with Gasteiger partial charge in [-0.05, 0) is 64.9 Å². The molecule has 1 aromatic heterocycles. The Labute approximate surface area is 175 Å². The highest BCUT2D eigenvalue weighted by atomic mass is 16.5. The zero-order valence-electron chi connectivity index (χ0n) is 17.0. The van der Waals surface area contributed by atoms with E-state index in [-0.39, 0.29) is 6.03 Å². The molecule has 4 rings (SSSR count). The Morgan fingerprint density at radius 2 is 1.87 bits per heavy atom. The number of methoxy groups -OCH3 is 1. The molecule has 0 unspecified atom stereocenters. The Kier molecular flexibility index (Phi) is 5.61. The van der Waals surface area contributed by atoms with Gasteiger partial charge < -0.3 is 15.4 Å². The number of nitrogens with zero attached hydrogens (tertiary/aromatic N) is 1. The summed E-state index contributed by atoms with van der Waals surface area (Å²) in [7, 11) is 1.66. The number of aromatic nitrogens is 1. The fourth-order valence-electron chi connectivity index (χ4n) is 3.52. The number of benzene rings is 3. The van der Waals surface area contributed by atoms with Crippen molar-refractivity contribution in [2.75, 3.05) is 12.4 Å². The number of carbonyl (C=O) groups is 1. The maximum atomic E-state index is 12.3. The zero-order valence-corrected chi connectivity index (χ0v) is 17.0. The third kappa shape index (κ3) is 4.25. The number of fused-ring (bicyclic) bond motifs is 1. The van der Waals surface area contributed by atoms with Gasteiger partial charge in [0.25, 0.3) is 0 Å². The summed E-state index contributed by atoms with van der Waals surface area (Å²) in [6.07, 6.45) is 3.63. The molecule has 4 aromatic rings. The summed E-state index contributed by atoms with van der Waals surface area (Å²) in [6, 6.07) is 21.6. The van der Waals surface area contributed by atoms with E-state index in [0.717, 1.165) is 44.5 Å². The number of amides is 2. The lowest BCUT2D eigenvalue weighted by atomic mass is 9.96. The van der Waals surface area contributed by atoms with Crippen LogP contribution in [0.15, 0.2) is 79.1 Å². The molecule has 0 radical (unpaired) electrons. The summed E-state index contributed by atoms with van der Waals surface area (Å²) >= 11 is 0. The summed E-state index contributed by atoms with van der Waals surface area (Å²) < 4.78 is 5.37. The quantitative estimate of drug-likeness (QED) is 0.465. The molecule has 30 heavy (non-hydrogen) atoms. The first kappa shape index (κ1) is 19.5. The number of pyridine rings is 1. The number of hydrogen-bond acceptors (Lipinski definition) is 3. The van der Waals surface area contributed by atoms with Gasteiger partial charge in [-0.3, -0.25) is 4.98 Å². The van der Waals surface area contributed by atoms with Gasteiger partial charge in [-0.2, -0.15) is 0 Å². The largest absolute Gasteiger partial charge is 0.497 e. The second-order valence-corrected chi connectivity index (χ2v) is 7.10. The minimum atomic E-state index is -0.241. The summed E-state index contributed by atoms with van der Waals surface area (Å²) in [4.78, 5) is 16.6. The van der Waals surface area contributed by atoms with Crippen LogP contribution in [0.3, 0.4) is 0 Å². The average Bonchev–Trinajstić information content (AvgIpc) is 2.77. The highest BCUT2D eigenvalue weighted by Gasteiger charge is 2.10. The summed E-state index contributed by atoms with van der Waals surface area (Å²) in [5.41, 5.74) is 5.04. The fraction of sp³-hybridized carbons (Fsp3) is 0.120. The molecule has 2 amide bonds. The second-order valence-electron chi connectivity index (χ2n) is 7.10. The van der Waals surface area contributed by atoms with E-state index in [9.17, 15) is 4.79 Å². The van der Waals surface area contributed by atoms with Crippen LogP contribution >= 0.6 is 0 Å². The van der Waals surface area contributed by atoms with Crippen molar-refractivity contribution in [1.82, 2.24) is 10.3 Å². The monoisotopic (exact) mass is 397 g/mol. The molecule has 0 saturated heterocycles. The Hall–Kier alpha value is -3.86. The molecule has 1 heterocycles. The van der Waals surface area contributed by atoms with E-state index in [0.29, 0.717) is 6.54 Å². The van der Waals surface area contributed by atoms with E-state index in [4.69, 9.17) is 4.74 Å². The SMILES string of the molecule is COc1cccc(-c2ccc(CNC(=O)Nc3cccc(C)c3)c3cnccc23)c1. The molecular weight excluding hydrogens is 374 g/mol. The molecule has 0 fully saturated rings. The smallest absolute Gasteiger partial charge is 0.319 e. The number of rotatable bonds is 5. The van der Waals surface area contributed by atoms with Gasteiger partial charge in [0.2, 0.25) is 0 Å². The van der Waals surface area contributed by atoms with E-state index in [1.165, 1.54) is 0 Å². The first-order valence-corrected chi connectivity index (χ1v) is 9.75. The van der Waals surface area contributed by atoms with Crippen molar-refractivity contribution in [3.05, 3.63) is 90.3 Å². The number of carbonyl (C=O) groups excluding carboxylic acids is 1. The molecule has 0 saturated carbocycles. The number of urea groups is 1. The van der Waals surface area contributed by atoms with Gasteiger partial charge in [0, 0.05) is 30.0 Å². The third-order valence-electron chi connectivity index (χ3n) is 5.00. The molecular formula is C25H23N3O2. The van der Waals surface area contributed by atoms with Crippen molar-refractivity contribution in [3.8, 4) is 16.9 Å². The van der Waals surface area contributed by atoms with E-state index in [2.05, 4.69) is 27.8 Å². The van der Waals surface area contributed by atoms with Crippen LogP contribution in [0, 0.1) is 6.92 Å². The van der Waals surface area contributed by atoms with Gasteiger partial charge >= 0.3 is 6.03 Å². The molecule has 0 bridgehead atoms. The van der Waals surface area contributed by atoms with Gasteiger partial charge in [-0.15, -0.1) is 0 Å². The standard InChI is InChI=1S/C25H23N3O2/c1-17-5-3-7-20(13-17)28-25(29)27-15-19-9-10-22(23-11-12-26-16-24(19)23)18-6-4-8-21(14-18)30-2/h3-14,16H,15H2,1-2H3,(H2,27,28,29). The molecule has 5 nitrogen and oxygen atoms in total. The van der Waals surface area contributed by atoms with Gasteiger partial charge in [-0.25, -0.2) is 4.79 Å². The molecule has 0 aliphatic heterocycles. The Morgan fingerprint density at radius 3 is 2.70 bits per heavy atom. The van der Waals surface area contributed by atoms with Crippen LogP contribution in [0.4, 0.5) is 10.5 Å². The van der Waals surface area contributed by atoms with Crippen molar-refractivity contribution in [2.45, 2.75) is 13.5 Å². The predicted molar refractivity (Wildman–Crippen MR) is 121 cm³/mol. The number of hydrogen-bond donors (Lipinski definition) is 2. The van der Waals surface area contributed by atoms with E-state index >= 15 is 0 Å². The van der Waals surface area contributed by atoms with E-state index < -0.39 is 0 Å². The molecule has 0 spiro atoms. The Bertz CT molecular complexity index is 1200. The maximum absolute atomic E-state index is 12.3. The lowest BCUT2D eigenvalue weighted by molar-refractivity contribution is 0.252. The second kappa shape index (κ2) is 8.66. The number of nitrogens with one attached hydrogen (secondary N) is 2. The predicted octanol–water partition coefficient (Wildman–Crippen LogP) is 5.54. The van der Waals surface area contributed by atoms with Gasteiger partial charge in [0.1, 0.15) is 5.75 Å². The normalized spacial score (nSPS) is 10.6. The lowest BCUT2D eigenvalue weighted by Crippen LogP contribution is -2.28. The van der Waals surface area contributed by atoms with Crippen LogP contribution < -0.4 is 15.4 Å². The van der Waals surface area contributed by atoms with Crippen LogP contribution in [0.5, 0.6) is 5.75 Å². The van der Waals surface area contributed by atoms with Crippen LogP contribution in [-0.2, 0) is 6.54 Å². The fourth-order valence-corrected chi connectivity index (χ4v) is 3.52. The van der Waals surface area contributed by atoms with Crippen LogP contribution in [0.25, 0.3) is 21.9 Å². The Balaban J connectivity index is 1.57. The molecule has 0 aliphatic rings. The minimum absolute atomic E-state index is 0.241. The molecule has 0 atom stereocenters. The van der Waals surface area contributed by atoms with Gasteiger partial charge in [0.05, 0.1) is 7.11 Å². The molecule has 0 aliphatic carbocycles. The topological polar surface area (TPSA) is 63.2 Å². The summed E-state index contributed by atoms with van der Waals surface area (Å²) in [6.45, 7) is 2.39. The van der Waals surface area contributed by atoms with Crippen molar-refractivity contribution in [3.63, 3.8) is 0 Å². The minimum Gasteiger partial charge on any atom is -0.497 e. The highest BCUT2D eigenvalue weighted by Crippen LogP contribution is 2.32. The number of aryl methyl sites for hydroxylation is 1. The van der Waals surface area contributed by atoms with Crippen LogP contribution in [-0.4, -0.2) is 18.1 Å². The number of ether oxygens (including phenoxy) is 1. The van der Waals surface area contributed by atoms with Crippen LogP contribution in [0.2, 0.25) is 0 Å². The maximum Gasteiger partial charge on any atom is 0.319 e. The van der Waals surface area contributed by atoms with Crippen LogP contribution in [0.1, 0.15) is 11.1 Å². The van der Waals surface area contributed by atoms with Crippen molar-refractivity contribution < 1.29 is 9.53 Å². The summed E-state index contributed by atoms with van der Waals surface area (Å²) in [5, 5.41) is 7.90.